The quantitative estimate of drug-likeness (QED) is 0.475. The predicted octanol–water partition coefficient (Wildman–Crippen LogP) is 2.85. The number of amides is 1. The van der Waals surface area contributed by atoms with Crippen LogP contribution in [-0.4, -0.2) is 28.3 Å². The molecule has 8 nitrogen and oxygen atoms in total. The number of benzene rings is 2. The number of para-hydroxylation sites is 1. The zero-order chi connectivity index (χ0) is 18.4. The van der Waals surface area contributed by atoms with Crippen molar-refractivity contribution < 1.29 is 19.6 Å². The molecule has 2 rings (SSSR count). The third-order valence-electron chi connectivity index (χ3n) is 3.35. The molecule has 0 unspecified atom stereocenters. The van der Waals surface area contributed by atoms with Crippen LogP contribution >= 0.6 is 0 Å². The number of nitrogens with zero attached hydrogens (tertiary/aromatic N) is 2. The van der Waals surface area contributed by atoms with Crippen molar-refractivity contribution in [3.63, 3.8) is 0 Å². The van der Waals surface area contributed by atoms with Gasteiger partial charge in [0, 0.05) is 11.6 Å². The van der Waals surface area contributed by atoms with E-state index in [9.17, 15) is 20.0 Å². The van der Waals surface area contributed by atoms with E-state index in [0.717, 1.165) is 0 Å². The summed E-state index contributed by atoms with van der Waals surface area (Å²) in [6.07, 6.45) is 0. The molecule has 0 aliphatic heterocycles. The number of phenols is 1. The fourth-order valence-corrected chi connectivity index (χ4v) is 2.09. The number of carbonyl (C=O) groups is 1. The molecule has 0 aliphatic carbocycles. The van der Waals surface area contributed by atoms with E-state index in [-0.39, 0.29) is 22.7 Å². The molecule has 8 heteroatoms. The van der Waals surface area contributed by atoms with Gasteiger partial charge in [0.05, 0.1) is 22.8 Å². The second kappa shape index (κ2) is 7.91. The van der Waals surface area contributed by atoms with E-state index in [1.165, 1.54) is 24.3 Å². The average molecular weight is 343 g/mol. The summed E-state index contributed by atoms with van der Waals surface area (Å²) in [4.78, 5) is 22.6. The molecular weight excluding hydrogens is 326 g/mol. The van der Waals surface area contributed by atoms with Crippen molar-refractivity contribution in [2.24, 2.45) is 5.10 Å². The Labute approximate surface area is 143 Å². The van der Waals surface area contributed by atoms with Crippen LogP contribution in [0.15, 0.2) is 47.6 Å². The Bertz CT molecular complexity index is 833. The smallest absolute Gasteiger partial charge is 0.311 e. The molecule has 25 heavy (non-hydrogen) atoms. The molecule has 0 atom stereocenters. The second-order valence-electron chi connectivity index (χ2n) is 5.03. The van der Waals surface area contributed by atoms with E-state index >= 15 is 0 Å². The minimum Gasteiger partial charge on any atom is -0.507 e. The van der Waals surface area contributed by atoms with Crippen molar-refractivity contribution in [2.75, 3.05) is 6.61 Å². The van der Waals surface area contributed by atoms with Gasteiger partial charge in [0.15, 0.2) is 5.75 Å². The normalized spacial score (nSPS) is 11.0. The number of nitro groups is 1. The van der Waals surface area contributed by atoms with E-state index in [4.69, 9.17) is 4.74 Å². The van der Waals surface area contributed by atoms with Crippen molar-refractivity contribution >= 4 is 17.3 Å². The van der Waals surface area contributed by atoms with Crippen molar-refractivity contribution in [2.45, 2.75) is 13.8 Å². The molecule has 0 fully saturated rings. The average Bonchev–Trinajstić information content (AvgIpc) is 2.60. The van der Waals surface area contributed by atoms with Gasteiger partial charge in [0.25, 0.3) is 5.91 Å². The molecular formula is C17H17N3O5. The fraction of sp³-hybridized carbons (Fsp3) is 0.176. The summed E-state index contributed by atoms with van der Waals surface area (Å²) in [5, 5.41) is 24.7. The lowest BCUT2D eigenvalue weighted by Crippen LogP contribution is -2.19. The van der Waals surface area contributed by atoms with Crippen LogP contribution in [0.2, 0.25) is 0 Å². The summed E-state index contributed by atoms with van der Waals surface area (Å²) in [6, 6.07) is 10.5. The fourth-order valence-electron chi connectivity index (χ4n) is 2.09. The van der Waals surface area contributed by atoms with Crippen LogP contribution in [0.4, 0.5) is 5.69 Å². The minimum absolute atomic E-state index is 0.0803. The Morgan fingerprint density at radius 3 is 2.68 bits per heavy atom. The van der Waals surface area contributed by atoms with E-state index < -0.39 is 10.8 Å². The lowest BCUT2D eigenvalue weighted by atomic mass is 10.1. The molecule has 2 aromatic carbocycles. The van der Waals surface area contributed by atoms with Crippen molar-refractivity contribution in [1.29, 1.82) is 0 Å². The molecule has 0 radical (unpaired) electrons. The molecule has 0 saturated carbocycles. The highest BCUT2D eigenvalue weighted by Crippen LogP contribution is 2.28. The van der Waals surface area contributed by atoms with Crippen LogP contribution in [0.5, 0.6) is 11.5 Å². The van der Waals surface area contributed by atoms with E-state index in [2.05, 4.69) is 10.5 Å². The van der Waals surface area contributed by atoms with Crippen LogP contribution < -0.4 is 10.2 Å². The standard InChI is InChI=1S/C17H17N3O5/c1-3-25-16-9-8-12(10-14(16)20(23)24)11(2)18-19-17(22)13-6-4-5-7-15(13)21/h4-10,21H,3H2,1-2H3,(H,19,22)/b18-11-. The van der Waals surface area contributed by atoms with Crippen molar-refractivity contribution in [1.82, 2.24) is 5.43 Å². The third kappa shape index (κ3) is 4.31. The van der Waals surface area contributed by atoms with Crippen LogP contribution in [0.3, 0.4) is 0 Å². The molecule has 0 spiro atoms. The first-order valence-corrected chi connectivity index (χ1v) is 7.48. The van der Waals surface area contributed by atoms with Gasteiger partial charge in [-0.15, -0.1) is 0 Å². The lowest BCUT2D eigenvalue weighted by Gasteiger charge is -2.07. The van der Waals surface area contributed by atoms with Gasteiger partial charge in [-0.1, -0.05) is 12.1 Å². The number of phenolic OH excluding ortho intramolecular Hbond substituents is 1. The lowest BCUT2D eigenvalue weighted by molar-refractivity contribution is -0.385. The largest absolute Gasteiger partial charge is 0.507 e. The van der Waals surface area contributed by atoms with E-state index in [1.54, 1.807) is 32.0 Å². The number of rotatable bonds is 6. The Morgan fingerprint density at radius 2 is 2.04 bits per heavy atom. The van der Waals surface area contributed by atoms with E-state index in [1.807, 2.05) is 0 Å². The Balaban J connectivity index is 2.22. The van der Waals surface area contributed by atoms with Crippen molar-refractivity contribution in [3.05, 3.63) is 63.7 Å². The molecule has 0 aliphatic rings. The molecule has 0 aromatic heterocycles. The minimum atomic E-state index is -0.585. The summed E-state index contributed by atoms with van der Waals surface area (Å²) in [5.41, 5.74) is 3.05. The van der Waals surface area contributed by atoms with Gasteiger partial charge in [0.2, 0.25) is 0 Å². The highest BCUT2D eigenvalue weighted by molar-refractivity contribution is 6.02. The van der Waals surface area contributed by atoms with Gasteiger partial charge in [0.1, 0.15) is 5.75 Å². The van der Waals surface area contributed by atoms with Crippen LogP contribution in [0, 0.1) is 10.1 Å². The number of nitrogens with one attached hydrogen (secondary N) is 1. The number of nitro benzene ring substituents is 1. The van der Waals surface area contributed by atoms with Gasteiger partial charge in [-0.2, -0.15) is 5.10 Å². The number of hydrogen-bond acceptors (Lipinski definition) is 6. The number of ether oxygens (including phenoxy) is 1. The number of hydrogen-bond donors (Lipinski definition) is 2. The first-order valence-electron chi connectivity index (χ1n) is 7.48. The molecule has 0 heterocycles. The van der Waals surface area contributed by atoms with Gasteiger partial charge in [-0.25, -0.2) is 5.43 Å². The number of carbonyl (C=O) groups excluding carboxylic acids is 1. The molecule has 1 amide bonds. The highest BCUT2D eigenvalue weighted by atomic mass is 16.6. The molecule has 0 saturated heterocycles. The maximum absolute atomic E-state index is 12.0. The van der Waals surface area contributed by atoms with Crippen LogP contribution in [-0.2, 0) is 0 Å². The summed E-state index contributed by atoms with van der Waals surface area (Å²) in [7, 11) is 0. The molecule has 0 bridgehead atoms. The number of hydrazone groups is 1. The van der Waals surface area contributed by atoms with Gasteiger partial charge in [-0.3, -0.25) is 14.9 Å². The maximum Gasteiger partial charge on any atom is 0.311 e. The highest BCUT2D eigenvalue weighted by Gasteiger charge is 2.17. The van der Waals surface area contributed by atoms with Gasteiger partial charge >= 0.3 is 5.69 Å². The Kier molecular flexibility index (Phi) is 5.67. The predicted molar refractivity (Wildman–Crippen MR) is 92.0 cm³/mol. The zero-order valence-corrected chi connectivity index (χ0v) is 13.7. The first kappa shape index (κ1) is 17.9. The summed E-state index contributed by atoms with van der Waals surface area (Å²) in [6.45, 7) is 3.65. The van der Waals surface area contributed by atoms with Crippen LogP contribution in [0.25, 0.3) is 0 Å². The first-order chi connectivity index (χ1) is 11.9. The zero-order valence-electron chi connectivity index (χ0n) is 13.7. The Hall–Kier alpha value is -3.42. The summed E-state index contributed by atoms with van der Waals surface area (Å²) in [5.74, 6) is -0.579. The topological polar surface area (TPSA) is 114 Å². The molecule has 130 valence electrons. The van der Waals surface area contributed by atoms with Gasteiger partial charge < -0.3 is 9.84 Å². The van der Waals surface area contributed by atoms with Gasteiger partial charge in [-0.05, 0) is 38.1 Å². The SMILES string of the molecule is CCOc1ccc(/C(C)=N\NC(=O)c2ccccc2O)cc1[N+](=O)[O-]. The molecule has 2 N–H and O–H groups in total. The van der Waals surface area contributed by atoms with Crippen molar-refractivity contribution in [3.8, 4) is 11.5 Å². The van der Waals surface area contributed by atoms with Crippen LogP contribution in [0.1, 0.15) is 29.8 Å². The monoisotopic (exact) mass is 343 g/mol. The molecule has 2 aromatic rings. The maximum atomic E-state index is 12.0. The third-order valence-corrected chi connectivity index (χ3v) is 3.35. The summed E-state index contributed by atoms with van der Waals surface area (Å²) >= 11 is 0. The Morgan fingerprint density at radius 1 is 1.32 bits per heavy atom. The van der Waals surface area contributed by atoms with E-state index in [0.29, 0.717) is 17.9 Å². The second-order valence-corrected chi connectivity index (χ2v) is 5.03. The summed E-state index contributed by atoms with van der Waals surface area (Å²) < 4.78 is 5.22. The number of aromatic hydroxyl groups is 1.